The van der Waals surface area contributed by atoms with Crippen molar-refractivity contribution in [3.05, 3.63) is 65.0 Å². The summed E-state index contributed by atoms with van der Waals surface area (Å²) in [6.07, 6.45) is 0. The molecule has 172 valence electrons. The Morgan fingerprint density at radius 2 is 1.00 bits per heavy atom. The average molecular weight is 450 g/mol. The van der Waals surface area contributed by atoms with Crippen LogP contribution in [0.2, 0.25) is 0 Å². The van der Waals surface area contributed by atoms with Crippen molar-refractivity contribution in [3.8, 4) is 0 Å². The summed E-state index contributed by atoms with van der Waals surface area (Å²) in [7, 11) is -0.607. The maximum atomic E-state index is 2.64. The molecule has 0 saturated carbocycles. The van der Waals surface area contributed by atoms with Crippen LogP contribution < -0.4 is 30.7 Å². The second-order valence-corrected chi connectivity index (χ2v) is 12.4. The number of nitrogens with zero attached hydrogens (tertiary/aromatic N) is 2. The Hall–Kier alpha value is -1.92. The molecule has 0 spiro atoms. The van der Waals surface area contributed by atoms with E-state index in [1.54, 1.807) is 5.30 Å². The standard InChI is InChI=1S/C29H42N2P/c1-19(2)30(20(3)4)27-28(31(21(5)6)22(7)8)29(27)32(25-15-11-23(9)12-16-25)26-17-13-24(10)14-18-26/h11-22H,1-10H3/q+1. The highest BCUT2D eigenvalue weighted by atomic mass is 31.1. The van der Waals surface area contributed by atoms with Crippen molar-refractivity contribution >= 4 is 29.5 Å². The van der Waals surface area contributed by atoms with E-state index in [-0.39, 0.29) is 0 Å². The molecule has 0 aliphatic heterocycles. The predicted octanol–water partition coefficient (Wildman–Crippen LogP) is 5.15. The molecule has 0 N–H and O–H groups in total. The summed E-state index contributed by atoms with van der Waals surface area (Å²) in [6, 6.07) is 20.4. The molecule has 0 aliphatic carbocycles. The fourth-order valence-electron chi connectivity index (χ4n) is 4.88. The van der Waals surface area contributed by atoms with Crippen LogP contribution in [0, 0.1) is 13.8 Å². The Bertz CT molecular complexity index is 983. The summed E-state index contributed by atoms with van der Waals surface area (Å²) in [4.78, 5) is 2.64. The van der Waals surface area contributed by atoms with Crippen LogP contribution in [-0.4, -0.2) is 24.2 Å². The first-order valence-corrected chi connectivity index (χ1v) is 13.5. The zero-order valence-corrected chi connectivity index (χ0v) is 22.7. The molecule has 3 heteroatoms. The van der Waals surface area contributed by atoms with Gasteiger partial charge < -0.3 is 4.90 Å². The van der Waals surface area contributed by atoms with Crippen LogP contribution >= 0.6 is 7.92 Å². The normalized spacial score (nSPS) is 12.2. The van der Waals surface area contributed by atoms with Crippen LogP contribution in [0.3, 0.4) is 0 Å². The quantitative estimate of drug-likeness (QED) is 0.341. The topological polar surface area (TPSA) is 6.25 Å². The summed E-state index contributed by atoms with van der Waals surface area (Å²) in [5, 5.41) is 5.94. The summed E-state index contributed by atoms with van der Waals surface area (Å²) in [5.41, 5.74) is 4.13. The van der Waals surface area contributed by atoms with E-state index in [2.05, 4.69) is 127 Å². The summed E-state index contributed by atoms with van der Waals surface area (Å²) >= 11 is 0. The van der Waals surface area contributed by atoms with Gasteiger partial charge in [-0.15, -0.1) is 0 Å². The van der Waals surface area contributed by atoms with Gasteiger partial charge in [0, 0.05) is 12.1 Å². The number of rotatable bonds is 8. The van der Waals surface area contributed by atoms with Crippen LogP contribution in [0.1, 0.15) is 66.5 Å². The summed E-state index contributed by atoms with van der Waals surface area (Å²) in [6.45, 7) is 23.0. The highest BCUT2D eigenvalue weighted by molar-refractivity contribution is 7.80. The third-order valence-electron chi connectivity index (χ3n) is 6.16. The van der Waals surface area contributed by atoms with Crippen LogP contribution in [0.25, 0.3) is 0 Å². The van der Waals surface area contributed by atoms with E-state index in [0.717, 1.165) is 0 Å². The van der Waals surface area contributed by atoms with Gasteiger partial charge in [-0.05, 0) is 87.8 Å². The molecule has 0 radical (unpaired) electrons. The van der Waals surface area contributed by atoms with Crippen molar-refractivity contribution in [3.63, 3.8) is 0 Å². The van der Waals surface area contributed by atoms with Crippen molar-refractivity contribution in [1.82, 2.24) is 4.58 Å². The lowest BCUT2D eigenvalue weighted by Crippen LogP contribution is -2.41. The number of benzene rings is 2. The molecule has 0 fully saturated rings. The van der Waals surface area contributed by atoms with Crippen LogP contribution in [0.4, 0.5) is 5.69 Å². The van der Waals surface area contributed by atoms with E-state index in [4.69, 9.17) is 0 Å². The van der Waals surface area contributed by atoms with Crippen LogP contribution in [0.15, 0.2) is 48.5 Å². The van der Waals surface area contributed by atoms with Crippen molar-refractivity contribution in [2.75, 3.05) is 4.90 Å². The lowest BCUT2D eigenvalue weighted by atomic mass is 10.2. The van der Waals surface area contributed by atoms with E-state index in [1.807, 2.05) is 0 Å². The number of anilines is 1. The van der Waals surface area contributed by atoms with E-state index < -0.39 is 7.92 Å². The minimum atomic E-state index is -0.607. The summed E-state index contributed by atoms with van der Waals surface area (Å²) < 4.78 is 2.64. The molecule has 32 heavy (non-hydrogen) atoms. The zero-order valence-electron chi connectivity index (χ0n) is 21.8. The molecule has 3 aromatic carbocycles. The second kappa shape index (κ2) is 9.92. The third-order valence-corrected chi connectivity index (χ3v) is 8.66. The molecule has 0 atom stereocenters. The molecule has 0 aliphatic rings. The lowest BCUT2D eigenvalue weighted by molar-refractivity contribution is 0.429. The predicted molar refractivity (Wildman–Crippen MR) is 145 cm³/mol. The van der Waals surface area contributed by atoms with Crippen LogP contribution in [0.5, 0.6) is 0 Å². The highest BCUT2D eigenvalue weighted by Crippen LogP contribution is 2.39. The third kappa shape index (κ3) is 5.01. The van der Waals surface area contributed by atoms with E-state index >= 15 is 0 Å². The molecule has 3 aromatic rings. The fourth-order valence-corrected chi connectivity index (χ4v) is 7.40. The largest absolute Gasteiger partial charge is 0.361 e. The van der Waals surface area contributed by atoms with Gasteiger partial charge in [-0.3, -0.25) is 0 Å². The molecular formula is C29H42N2P+. The first kappa shape index (κ1) is 24.7. The van der Waals surface area contributed by atoms with Gasteiger partial charge in [0.05, 0.1) is 5.30 Å². The van der Waals surface area contributed by atoms with Crippen molar-refractivity contribution in [2.45, 2.75) is 93.4 Å². The summed E-state index contributed by atoms with van der Waals surface area (Å²) in [5.74, 6) is 0. The van der Waals surface area contributed by atoms with Gasteiger partial charge in [-0.2, -0.15) is 0 Å². The molecule has 2 nitrogen and oxygen atoms in total. The van der Waals surface area contributed by atoms with E-state index in [1.165, 1.54) is 32.8 Å². The number of hydrogen-bond acceptors (Lipinski definition) is 1. The Labute approximate surface area is 197 Å². The monoisotopic (exact) mass is 449 g/mol. The molecule has 0 unspecified atom stereocenters. The Balaban J connectivity index is 2.34. The van der Waals surface area contributed by atoms with Gasteiger partial charge >= 0.3 is 0 Å². The molecule has 0 bridgehead atoms. The van der Waals surface area contributed by atoms with Crippen molar-refractivity contribution in [2.24, 2.45) is 0 Å². The molecular weight excluding hydrogens is 407 g/mol. The molecule has 0 aromatic heterocycles. The SMILES string of the molecule is Cc1ccc(P(c2ccc(C)cc2)c2c(N(C(C)C)C(C)C)c2=[N+](C(C)C)C(C)C)cc1. The minimum absolute atomic E-state index is 0.464. The average Bonchev–Trinajstić information content (AvgIpc) is 3.37. The molecule has 0 saturated heterocycles. The van der Waals surface area contributed by atoms with Gasteiger partial charge in [0.1, 0.15) is 17.8 Å². The Morgan fingerprint density at radius 1 is 0.625 bits per heavy atom. The smallest absolute Gasteiger partial charge is 0.235 e. The second-order valence-electron chi connectivity index (χ2n) is 10.2. The molecule has 3 rings (SSSR count). The van der Waals surface area contributed by atoms with Crippen molar-refractivity contribution < 1.29 is 0 Å². The van der Waals surface area contributed by atoms with Gasteiger partial charge in [-0.1, -0.05) is 59.7 Å². The van der Waals surface area contributed by atoms with E-state index in [9.17, 15) is 0 Å². The first-order chi connectivity index (χ1) is 15.0. The van der Waals surface area contributed by atoms with Crippen molar-refractivity contribution in [1.29, 1.82) is 0 Å². The lowest BCUT2D eigenvalue weighted by Gasteiger charge is -2.29. The number of aryl methyl sites for hydroxylation is 2. The van der Waals surface area contributed by atoms with Gasteiger partial charge in [0.2, 0.25) is 5.36 Å². The molecule has 0 amide bonds. The molecule has 0 heterocycles. The zero-order chi connectivity index (χ0) is 23.7. The van der Waals surface area contributed by atoms with Gasteiger partial charge in [0.15, 0.2) is 0 Å². The Kier molecular flexibility index (Phi) is 7.66. The minimum Gasteiger partial charge on any atom is -0.361 e. The first-order valence-electron chi connectivity index (χ1n) is 12.2. The van der Waals surface area contributed by atoms with Crippen LogP contribution in [-0.2, 0) is 0 Å². The number of hydrogen-bond donors (Lipinski definition) is 0. The Morgan fingerprint density at radius 3 is 1.31 bits per heavy atom. The maximum Gasteiger partial charge on any atom is 0.235 e. The maximum absolute atomic E-state index is 2.64. The van der Waals surface area contributed by atoms with Gasteiger partial charge in [0.25, 0.3) is 0 Å². The van der Waals surface area contributed by atoms with Gasteiger partial charge in [-0.25, -0.2) is 4.58 Å². The van der Waals surface area contributed by atoms with E-state index in [0.29, 0.717) is 24.2 Å². The fraction of sp³-hybridized carbons (Fsp3) is 0.483. The highest BCUT2D eigenvalue weighted by Gasteiger charge is 2.42.